The second kappa shape index (κ2) is 5.93. The quantitative estimate of drug-likeness (QED) is 0.882. The lowest BCUT2D eigenvalue weighted by atomic mass is 10.0. The van der Waals surface area contributed by atoms with Crippen LogP contribution in [0.15, 0.2) is 24.3 Å². The lowest BCUT2D eigenvalue weighted by Gasteiger charge is -2.20. The number of para-hydroxylation sites is 1. The van der Waals surface area contributed by atoms with Gasteiger partial charge < -0.3 is 16.0 Å². The fourth-order valence-corrected chi connectivity index (χ4v) is 2.43. The maximum Gasteiger partial charge on any atom is 0.418 e. The molecule has 1 aromatic carbocycles. The van der Waals surface area contributed by atoms with Gasteiger partial charge in [-0.2, -0.15) is 13.2 Å². The summed E-state index contributed by atoms with van der Waals surface area (Å²) in [6.45, 7) is 2.84. The van der Waals surface area contributed by atoms with Gasteiger partial charge in [0, 0.05) is 19.1 Å². The molecule has 0 aromatic heterocycles. The fraction of sp³-hybridized carbons (Fsp3) is 0.500. The molecule has 1 aromatic rings. The predicted molar refractivity (Wildman–Crippen MR) is 73.8 cm³/mol. The Bertz CT molecular complexity index is 516. The molecular weight excluding hydrogens is 283 g/mol. The Labute approximate surface area is 121 Å². The van der Waals surface area contributed by atoms with Crippen molar-refractivity contribution in [3.63, 3.8) is 0 Å². The van der Waals surface area contributed by atoms with E-state index in [0.29, 0.717) is 13.1 Å². The normalized spacial score (nSPS) is 20.4. The van der Waals surface area contributed by atoms with Crippen LogP contribution in [0, 0.1) is 5.92 Å². The first-order valence-electron chi connectivity index (χ1n) is 6.76. The summed E-state index contributed by atoms with van der Waals surface area (Å²) in [6.07, 6.45) is -3.73. The second-order valence-corrected chi connectivity index (χ2v) is 5.33. The van der Waals surface area contributed by atoms with Crippen LogP contribution in [-0.2, 0) is 6.18 Å². The van der Waals surface area contributed by atoms with Crippen LogP contribution in [0.25, 0.3) is 0 Å². The first-order chi connectivity index (χ1) is 9.79. The molecule has 116 valence electrons. The number of halogens is 3. The minimum atomic E-state index is -4.50. The van der Waals surface area contributed by atoms with E-state index in [1.54, 1.807) is 0 Å². The fourth-order valence-electron chi connectivity index (χ4n) is 2.43. The number of carbonyl (C=O) groups excluding carboxylic acids is 1. The Balaban J connectivity index is 2.08. The summed E-state index contributed by atoms with van der Waals surface area (Å²) in [4.78, 5) is 13.6. The number of nitrogens with zero attached hydrogens (tertiary/aromatic N) is 1. The van der Waals surface area contributed by atoms with Crippen molar-refractivity contribution in [1.29, 1.82) is 0 Å². The van der Waals surface area contributed by atoms with Gasteiger partial charge in [0.2, 0.25) is 0 Å². The smallest absolute Gasteiger partial charge is 0.328 e. The van der Waals surface area contributed by atoms with Crippen LogP contribution >= 0.6 is 0 Å². The largest absolute Gasteiger partial charge is 0.418 e. The van der Waals surface area contributed by atoms with Crippen molar-refractivity contribution >= 4 is 11.7 Å². The molecule has 0 radical (unpaired) electrons. The van der Waals surface area contributed by atoms with Gasteiger partial charge in [0.25, 0.3) is 0 Å². The number of benzene rings is 1. The van der Waals surface area contributed by atoms with Crippen LogP contribution in [0.3, 0.4) is 0 Å². The first kappa shape index (κ1) is 15.6. The standard InChI is InChI=1S/C14H18F3N3O/c1-9(18)10-6-7-20(8-10)13(21)19-12-5-3-2-4-11(12)14(15,16)17/h2-5,9-10H,6-8,18H2,1H3,(H,19,21). The zero-order chi connectivity index (χ0) is 15.6. The van der Waals surface area contributed by atoms with Crippen LogP contribution in [0.2, 0.25) is 0 Å². The van der Waals surface area contributed by atoms with Gasteiger partial charge in [-0.25, -0.2) is 4.79 Å². The average molecular weight is 301 g/mol. The summed E-state index contributed by atoms with van der Waals surface area (Å²) in [5.41, 5.74) is 4.72. The zero-order valence-electron chi connectivity index (χ0n) is 11.7. The number of hydrogen-bond acceptors (Lipinski definition) is 2. The predicted octanol–water partition coefficient (Wildman–Crippen LogP) is 2.91. The van der Waals surface area contributed by atoms with Gasteiger partial charge in [-0.1, -0.05) is 12.1 Å². The van der Waals surface area contributed by atoms with E-state index in [2.05, 4.69) is 5.32 Å². The molecule has 0 bridgehead atoms. The van der Waals surface area contributed by atoms with Crippen molar-refractivity contribution in [3.8, 4) is 0 Å². The van der Waals surface area contributed by atoms with Crippen LogP contribution in [-0.4, -0.2) is 30.1 Å². The third-order valence-corrected chi connectivity index (χ3v) is 3.73. The molecule has 2 amide bonds. The van der Waals surface area contributed by atoms with E-state index in [0.717, 1.165) is 12.5 Å². The van der Waals surface area contributed by atoms with E-state index < -0.39 is 17.8 Å². The number of hydrogen-bond donors (Lipinski definition) is 2. The Morgan fingerprint density at radius 1 is 1.43 bits per heavy atom. The highest BCUT2D eigenvalue weighted by molar-refractivity contribution is 5.90. The minimum absolute atomic E-state index is 0.0368. The molecular formula is C14H18F3N3O. The number of urea groups is 1. The molecule has 1 fully saturated rings. The third kappa shape index (κ3) is 3.66. The SMILES string of the molecule is CC(N)C1CCN(C(=O)Nc2ccccc2C(F)(F)F)C1. The highest BCUT2D eigenvalue weighted by Gasteiger charge is 2.34. The van der Waals surface area contributed by atoms with Crippen LogP contribution in [0.5, 0.6) is 0 Å². The minimum Gasteiger partial charge on any atom is -0.328 e. The Morgan fingerprint density at radius 2 is 2.10 bits per heavy atom. The van der Waals surface area contributed by atoms with E-state index in [4.69, 9.17) is 5.73 Å². The van der Waals surface area contributed by atoms with Gasteiger partial charge >= 0.3 is 12.2 Å². The molecule has 1 aliphatic rings. The molecule has 2 rings (SSSR count). The summed E-state index contributed by atoms with van der Waals surface area (Å²) in [5, 5.41) is 2.34. The van der Waals surface area contributed by atoms with Crippen molar-refractivity contribution in [1.82, 2.24) is 4.90 Å². The molecule has 7 heteroatoms. The van der Waals surface area contributed by atoms with E-state index in [1.807, 2.05) is 6.92 Å². The van der Waals surface area contributed by atoms with Crippen molar-refractivity contribution in [3.05, 3.63) is 29.8 Å². The maximum atomic E-state index is 12.9. The second-order valence-electron chi connectivity index (χ2n) is 5.33. The summed E-state index contributed by atoms with van der Waals surface area (Å²) < 4.78 is 38.6. The Kier molecular flexibility index (Phi) is 4.41. The third-order valence-electron chi connectivity index (χ3n) is 3.73. The molecule has 1 heterocycles. The van der Waals surface area contributed by atoms with E-state index in [-0.39, 0.29) is 17.6 Å². The number of anilines is 1. The molecule has 1 saturated heterocycles. The molecule has 21 heavy (non-hydrogen) atoms. The van der Waals surface area contributed by atoms with Gasteiger partial charge in [0.1, 0.15) is 0 Å². The molecule has 0 spiro atoms. The van der Waals surface area contributed by atoms with Crippen LogP contribution in [0.1, 0.15) is 18.9 Å². The topological polar surface area (TPSA) is 58.4 Å². The monoisotopic (exact) mass is 301 g/mol. The van der Waals surface area contributed by atoms with Gasteiger partial charge in [0.15, 0.2) is 0 Å². The molecule has 2 unspecified atom stereocenters. The van der Waals surface area contributed by atoms with Crippen molar-refractivity contribution in [2.24, 2.45) is 11.7 Å². The number of nitrogens with one attached hydrogen (secondary N) is 1. The average Bonchev–Trinajstić information content (AvgIpc) is 2.88. The molecule has 4 nitrogen and oxygen atoms in total. The maximum absolute atomic E-state index is 12.9. The highest BCUT2D eigenvalue weighted by Crippen LogP contribution is 2.34. The summed E-state index contributed by atoms with van der Waals surface area (Å²) in [7, 11) is 0. The zero-order valence-corrected chi connectivity index (χ0v) is 11.7. The van der Waals surface area contributed by atoms with Gasteiger partial charge in [0.05, 0.1) is 11.3 Å². The van der Waals surface area contributed by atoms with E-state index >= 15 is 0 Å². The molecule has 2 atom stereocenters. The number of amides is 2. The highest BCUT2D eigenvalue weighted by atomic mass is 19.4. The summed E-state index contributed by atoms with van der Waals surface area (Å²) in [5.74, 6) is 0.189. The summed E-state index contributed by atoms with van der Waals surface area (Å²) in [6, 6.07) is 4.39. The van der Waals surface area contributed by atoms with Crippen LogP contribution in [0.4, 0.5) is 23.7 Å². The molecule has 0 saturated carbocycles. The summed E-state index contributed by atoms with van der Waals surface area (Å²) >= 11 is 0. The molecule has 0 aliphatic carbocycles. The number of alkyl halides is 3. The lowest BCUT2D eigenvalue weighted by Crippen LogP contribution is -2.36. The Hall–Kier alpha value is -1.76. The number of nitrogens with two attached hydrogens (primary N) is 1. The number of likely N-dealkylation sites (tertiary alicyclic amines) is 1. The van der Waals surface area contributed by atoms with E-state index in [9.17, 15) is 18.0 Å². The number of carbonyl (C=O) groups is 1. The van der Waals surface area contributed by atoms with Gasteiger partial charge in [-0.15, -0.1) is 0 Å². The Morgan fingerprint density at radius 3 is 2.67 bits per heavy atom. The molecule has 3 N–H and O–H groups in total. The first-order valence-corrected chi connectivity index (χ1v) is 6.76. The van der Waals surface area contributed by atoms with Crippen molar-refractivity contribution in [2.75, 3.05) is 18.4 Å². The van der Waals surface area contributed by atoms with Crippen molar-refractivity contribution < 1.29 is 18.0 Å². The molecule has 1 aliphatic heterocycles. The lowest BCUT2D eigenvalue weighted by molar-refractivity contribution is -0.136. The van der Waals surface area contributed by atoms with Gasteiger partial charge in [-0.05, 0) is 31.4 Å². The van der Waals surface area contributed by atoms with Gasteiger partial charge in [-0.3, -0.25) is 0 Å². The van der Waals surface area contributed by atoms with E-state index in [1.165, 1.54) is 23.1 Å². The number of rotatable bonds is 2. The van der Waals surface area contributed by atoms with Crippen LogP contribution < -0.4 is 11.1 Å². The van der Waals surface area contributed by atoms with Crippen molar-refractivity contribution in [2.45, 2.75) is 25.6 Å².